The normalized spacial score (nSPS) is 30.6. The van der Waals surface area contributed by atoms with Gasteiger partial charge in [0.1, 0.15) is 53.9 Å². The second-order valence-corrected chi connectivity index (χ2v) is 34.4. The zero-order valence-electron chi connectivity index (χ0n) is 66.0. The molecule has 107 heavy (non-hydrogen) atoms. The number of carbonyl (C=O) groups is 12. The molecule has 5 aliphatic carbocycles. The Morgan fingerprint density at radius 1 is 0.542 bits per heavy atom. The summed E-state index contributed by atoms with van der Waals surface area (Å²) in [6.07, 6.45) is 12.2. The summed E-state index contributed by atoms with van der Waals surface area (Å²) in [5.74, 6) is -10.3. The molecule has 5 saturated carbocycles. The minimum atomic E-state index is -4.51. The van der Waals surface area contributed by atoms with E-state index in [2.05, 4.69) is 16.0 Å². The Labute approximate surface area is 638 Å². The fourth-order valence-electron chi connectivity index (χ4n) is 18.6. The highest BCUT2D eigenvalue weighted by molar-refractivity contribution is 6.21. The number of alkyl halides is 4. The van der Waals surface area contributed by atoms with Crippen LogP contribution in [-0.4, -0.2) is 262 Å². The molecule has 28 heteroatoms. The molecule has 3 saturated heterocycles. The number of halogens is 4. The number of fused-ring (bicyclic) bond motifs is 1. The van der Waals surface area contributed by atoms with E-state index in [4.69, 9.17) is 11.6 Å². The number of carbonyl (C=O) groups excluding carboxylic acids is 12. The van der Waals surface area contributed by atoms with Gasteiger partial charge in [-0.15, -0.1) is 11.6 Å². The van der Waals surface area contributed by atoms with E-state index in [0.29, 0.717) is 58.0 Å². The third-order valence-electron chi connectivity index (χ3n) is 25.8. The van der Waals surface area contributed by atoms with E-state index in [0.717, 1.165) is 89.9 Å². The van der Waals surface area contributed by atoms with Crippen LogP contribution >= 0.6 is 11.6 Å². The number of rotatable bonds is 13. The van der Waals surface area contributed by atoms with Crippen molar-refractivity contribution in [2.45, 2.75) is 305 Å². The van der Waals surface area contributed by atoms with Gasteiger partial charge in [-0.2, -0.15) is 13.2 Å². The lowest BCUT2D eigenvalue weighted by atomic mass is 9.78. The summed E-state index contributed by atoms with van der Waals surface area (Å²) in [7, 11) is 10.4. The first-order valence-electron chi connectivity index (χ1n) is 40.7. The Morgan fingerprint density at radius 2 is 1.10 bits per heavy atom. The minimum absolute atomic E-state index is 0.000229. The monoisotopic (exact) mass is 1530 g/mol. The van der Waals surface area contributed by atoms with Gasteiger partial charge in [0.25, 0.3) is 0 Å². The van der Waals surface area contributed by atoms with E-state index in [1.54, 1.807) is 18.9 Å². The molecule has 3 unspecified atom stereocenters. The summed E-state index contributed by atoms with van der Waals surface area (Å²) in [5.41, 5.74) is -1.58. The van der Waals surface area contributed by atoms with Crippen LogP contribution < -0.4 is 16.0 Å². The van der Waals surface area contributed by atoms with Crippen LogP contribution in [0.2, 0.25) is 0 Å². The molecule has 3 heterocycles. The lowest BCUT2D eigenvalue weighted by Crippen LogP contribution is -2.65. The summed E-state index contributed by atoms with van der Waals surface area (Å²) in [6.45, 7) is 7.30. The van der Waals surface area contributed by atoms with Crippen LogP contribution in [-0.2, 0) is 57.5 Å². The Morgan fingerprint density at radius 3 is 1.65 bits per heavy atom. The van der Waals surface area contributed by atoms with E-state index in [1.165, 1.54) is 81.5 Å². The van der Waals surface area contributed by atoms with Gasteiger partial charge in [-0.25, -0.2) is 0 Å². The molecule has 604 valence electrons. The lowest BCUT2D eigenvalue weighted by molar-refractivity contribution is -0.182. The van der Waals surface area contributed by atoms with Gasteiger partial charge in [0.15, 0.2) is 0 Å². The number of hydrogen-bond donors (Lipinski definition) is 3. The molecular formula is C79H128ClF3N12O12. The van der Waals surface area contributed by atoms with Gasteiger partial charge >= 0.3 is 6.18 Å². The smallest absolute Gasteiger partial charge is 0.343 e. The van der Waals surface area contributed by atoms with Crippen molar-refractivity contribution in [3.8, 4) is 0 Å². The van der Waals surface area contributed by atoms with Crippen LogP contribution in [0.1, 0.15) is 240 Å². The van der Waals surface area contributed by atoms with Crippen molar-refractivity contribution >= 4 is 82.5 Å². The molecule has 0 aromatic rings. The van der Waals surface area contributed by atoms with Gasteiger partial charge in [0.05, 0.1) is 25.4 Å². The highest BCUT2D eigenvalue weighted by Gasteiger charge is 2.53. The molecular weight excluding hydrogens is 1400 g/mol. The van der Waals surface area contributed by atoms with Crippen molar-refractivity contribution in [2.75, 3.05) is 82.1 Å². The molecule has 8 aliphatic rings. The Bertz CT molecular complexity index is 3100. The van der Waals surface area contributed by atoms with Gasteiger partial charge < -0.3 is 60.0 Å². The van der Waals surface area contributed by atoms with E-state index in [1.807, 2.05) is 20.8 Å². The molecule has 24 nitrogen and oxygen atoms in total. The average molecular weight is 1530 g/mol. The van der Waals surface area contributed by atoms with E-state index in [-0.39, 0.29) is 101 Å². The van der Waals surface area contributed by atoms with Crippen LogP contribution in [0, 0.1) is 41.4 Å². The van der Waals surface area contributed by atoms with Crippen LogP contribution in [0.5, 0.6) is 0 Å². The summed E-state index contributed by atoms with van der Waals surface area (Å²) < 4.78 is 42.5. The largest absolute Gasteiger partial charge is 0.393 e. The predicted octanol–water partition coefficient (Wildman–Crippen LogP) is 8.43. The molecule has 12 atom stereocenters. The van der Waals surface area contributed by atoms with Crippen molar-refractivity contribution in [1.82, 2.24) is 60.0 Å². The Balaban J connectivity index is 1.20. The molecule has 0 radical (unpaired) electrons. The van der Waals surface area contributed by atoms with Crippen molar-refractivity contribution in [2.24, 2.45) is 41.4 Å². The molecule has 8 rings (SSSR count). The third-order valence-corrected chi connectivity index (χ3v) is 26.3. The van der Waals surface area contributed by atoms with E-state index < -0.39 is 174 Å². The van der Waals surface area contributed by atoms with Crippen LogP contribution in [0.4, 0.5) is 13.2 Å². The first-order chi connectivity index (χ1) is 50.7. The van der Waals surface area contributed by atoms with Crippen molar-refractivity contribution in [3.63, 3.8) is 0 Å². The van der Waals surface area contributed by atoms with Gasteiger partial charge in [-0.3, -0.25) is 57.5 Å². The highest BCUT2D eigenvalue weighted by Crippen LogP contribution is 2.44. The molecule has 1 spiro atoms. The average Bonchev–Trinajstić information content (AvgIpc) is 1.74. The maximum Gasteiger partial charge on any atom is 0.393 e. The zero-order chi connectivity index (χ0) is 78.4. The maximum atomic E-state index is 16.1. The quantitative estimate of drug-likeness (QED) is 0.147. The van der Waals surface area contributed by atoms with Crippen LogP contribution in [0.3, 0.4) is 0 Å². The van der Waals surface area contributed by atoms with Gasteiger partial charge in [0.2, 0.25) is 70.9 Å². The summed E-state index contributed by atoms with van der Waals surface area (Å²) >= 11 is 6.49. The number of likely N-dealkylation sites (tertiary alicyclic amines) is 1. The number of amides is 12. The minimum Gasteiger partial charge on any atom is -0.343 e. The Hall–Kier alpha value is -6.28. The lowest BCUT2D eigenvalue weighted by Gasteiger charge is -2.44. The van der Waals surface area contributed by atoms with Crippen LogP contribution in [0.15, 0.2) is 0 Å². The molecule has 12 amide bonds. The number of likely N-dealkylation sites (N-methyl/N-ethyl adjacent to an activating group) is 7. The van der Waals surface area contributed by atoms with Gasteiger partial charge in [-0.1, -0.05) is 130 Å². The number of piperidine rings is 1. The molecule has 0 aromatic heterocycles. The number of nitrogens with zero attached hydrogens (tertiary/aromatic N) is 9. The summed E-state index contributed by atoms with van der Waals surface area (Å²) in [5, 5.41) is 7.84. The molecule has 0 bridgehead atoms. The van der Waals surface area contributed by atoms with Gasteiger partial charge in [-0.05, 0) is 138 Å². The fourth-order valence-corrected chi connectivity index (χ4v) is 19.1. The zero-order valence-corrected chi connectivity index (χ0v) is 66.8. The second-order valence-electron chi connectivity index (χ2n) is 33.8. The van der Waals surface area contributed by atoms with Crippen LogP contribution in [0.25, 0.3) is 0 Å². The molecule has 0 aromatic carbocycles. The SMILES string of the molecule is CC[C@H](C)[C@@H]1NC(=O)[C@H](CC(C)C)N(C)C(=O)C[C@@H](C(=O)N2CCCCC2)N(C)C(=O)[C@H](C2CCCCC2)N(C)C(=O)C2(CCCC2)NC(=O)[C@H](CC2CCCCC2)N(C)C(=O)[C@H](CCC2CCC(C(F)(F)F)C(Cl)C2)NC(=O)CN(C)C(=O)[C@H](CC2CCCCC2)N(C)C(=O)[C@@H]2CCN2C(=O)CN(C)C1=O. The molecule has 8 fully saturated rings. The third kappa shape index (κ3) is 21.9. The van der Waals surface area contributed by atoms with E-state index in [9.17, 15) is 32.3 Å². The Kier molecular flexibility index (Phi) is 31.5. The van der Waals surface area contributed by atoms with Crippen molar-refractivity contribution < 1.29 is 70.7 Å². The van der Waals surface area contributed by atoms with Crippen molar-refractivity contribution in [1.29, 1.82) is 0 Å². The summed E-state index contributed by atoms with van der Waals surface area (Å²) in [6, 6.07) is -9.62. The van der Waals surface area contributed by atoms with E-state index >= 15 is 38.4 Å². The molecule has 3 N–H and O–H groups in total. The fraction of sp³-hybridized carbons (Fsp3) is 0.848. The van der Waals surface area contributed by atoms with Crippen molar-refractivity contribution in [3.05, 3.63) is 0 Å². The highest BCUT2D eigenvalue weighted by atomic mass is 35.5. The first-order valence-corrected chi connectivity index (χ1v) is 41.1. The number of hydrogen-bond acceptors (Lipinski definition) is 12. The first kappa shape index (κ1) is 86.3. The summed E-state index contributed by atoms with van der Waals surface area (Å²) in [4.78, 5) is 195. The number of nitrogens with one attached hydrogen (secondary N) is 3. The molecule has 3 aliphatic heterocycles. The van der Waals surface area contributed by atoms with Gasteiger partial charge in [0, 0.05) is 74.3 Å². The topological polar surface area (TPSA) is 270 Å². The second kappa shape index (κ2) is 39.1. The standard InChI is InChI=1S/C79H128ClF3N12O12/c1-12-51(4)67-75(105)88(6)49-66(98)95-42-37-59(95)73(103)91(9)62(46-53-29-19-14-20-30-53)72(102)87(5)48-64(96)84-58(36-34-54-33-35-56(57(80)44-54)79(81,82)83)71(101)90(8)61(45-52-27-17-13-18-28-52)70(100)86-78(38-23-24-39-78)77(107)93(11)68(55-31-21-15-22-32-55)76(106)92(10)63(74(104)94-40-25-16-26-41-94)47-65(97)89(7)60(43-50(2)3)69(99)85-67/h50-63,67-68H,12-49H2,1-11H3,(H,84,96)(H,85,99)(H,86,100)/t51-,54?,56?,57?,58-,59-,60-,61-,62-,63-,67-,68-/m0/s1. The predicted molar refractivity (Wildman–Crippen MR) is 400 cm³/mol. The maximum absolute atomic E-state index is 16.1.